The molecule has 0 spiro atoms. The second-order valence-electron chi connectivity index (χ2n) is 24.5. The number of carbonyl (C=O) groups excluding carboxylic acids is 8. The second-order valence-corrected chi connectivity index (χ2v) is 27.2. The maximum absolute atomic E-state index is 16.0. The lowest BCUT2D eigenvalue weighted by atomic mass is 9.44. The van der Waals surface area contributed by atoms with Crippen molar-refractivity contribution in [2.24, 2.45) is 28.6 Å². The molecule has 0 radical (unpaired) electrons. The molecule has 1 amide bonds. The van der Waals surface area contributed by atoms with E-state index in [0.717, 1.165) is 11.8 Å². The number of aliphatic hydroxyl groups is 2. The number of hydrogen-bond donors (Lipinski definition) is 3. The number of esters is 5. The van der Waals surface area contributed by atoms with Crippen LogP contribution >= 0.6 is 21.6 Å². The van der Waals surface area contributed by atoms with Gasteiger partial charge in [-0.1, -0.05) is 104 Å². The number of Topliss-reactive ketones (excluding diaryl/α,β-unsaturated/α-hetero) is 2. The summed E-state index contributed by atoms with van der Waals surface area (Å²) < 4.78 is 43.2. The van der Waals surface area contributed by atoms with Crippen LogP contribution in [0.4, 0.5) is 4.79 Å². The van der Waals surface area contributed by atoms with Crippen LogP contribution in [0.25, 0.3) is 0 Å². The molecule has 0 aromatic heterocycles. The van der Waals surface area contributed by atoms with E-state index in [0.29, 0.717) is 36.8 Å². The van der Waals surface area contributed by atoms with Gasteiger partial charge in [0, 0.05) is 47.7 Å². The van der Waals surface area contributed by atoms with E-state index in [-0.39, 0.29) is 53.1 Å². The molecule has 1 unspecified atom stereocenters. The van der Waals surface area contributed by atoms with Crippen LogP contribution in [0.5, 0.6) is 0 Å². The fraction of sp³-hybridized carbons (Fsp3) is 0.607. The molecule has 20 heteroatoms. The number of ketones is 2. The van der Waals surface area contributed by atoms with Gasteiger partial charge in [-0.05, 0) is 103 Å². The molecule has 2 aromatic carbocycles. The Morgan fingerprint density at radius 1 is 0.914 bits per heavy atom. The zero-order valence-corrected chi connectivity index (χ0v) is 50.2. The number of benzene rings is 2. The van der Waals surface area contributed by atoms with Gasteiger partial charge in [-0.25, -0.2) is 14.4 Å². The van der Waals surface area contributed by atoms with Gasteiger partial charge in [0.1, 0.15) is 35.3 Å². The molecular formula is C61H79NO17S2. The number of carbonyl (C=O) groups is 8. The van der Waals surface area contributed by atoms with Crippen LogP contribution in [0, 0.1) is 28.6 Å². The Labute approximate surface area is 482 Å². The number of fused-ring (bicyclic) bond motifs is 5. The zero-order chi connectivity index (χ0) is 59.7. The summed E-state index contributed by atoms with van der Waals surface area (Å²) in [6.45, 7) is 21.0. The van der Waals surface area contributed by atoms with Gasteiger partial charge in [0.05, 0.1) is 48.0 Å². The Morgan fingerprint density at radius 2 is 1.57 bits per heavy atom. The molecule has 1 aliphatic heterocycles. The zero-order valence-electron chi connectivity index (χ0n) is 48.6. The van der Waals surface area contributed by atoms with Crippen molar-refractivity contribution in [2.45, 2.75) is 205 Å². The van der Waals surface area contributed by atoms with E-state index in [1.54, 1.807) is 96.5 Å². The van der Waals surface area contributed by atoms with Crippen LogP contribution in [0.15, 0.2) is 82.3 Å². The Hall–Kier alpha value is -5.54. The highest BCUT2D eigenvalue weighted by Gasteiger charge is 2.78. The molecular weight excluding hydrogens is 1080 g/mol. The number of alkyl carbamates (subject to hydrolysis) is 1. The third kappa shape index (κ3) is 13.5. The molecule has 12 atom stereocenters. The summed E-state index contributed by atoms with van der Waals surface area (Å²) >= 11 is 0. The number of nitrogens with one attached hydrogen (secondary N) is 1. The molecule has 5 aliphatic rings. The Kier molecular flexibility index (Phi) is 19.3. The highest BCUT2D eigenvalue weighted by atomic mass is 33.1. The van der Waals surface area contributed by atoms with Gasteiger partial charge in [-0.3, -0.25) is 24.0 Å². The minimum atomic E-state index is -2.47. The number of amides is 1. The predicted octanol–water partition coefficient (Wildman–Crippen LogP) is 8.74. The molecule has 3 saturated carbocycles. The van der Waals surface area contributed by atoms with Gasteiger partial charge in [0.2, 0.25) is 6.10 Å². The van der Waals surface area contributed by atoms with Gasteiger partial charge < -0.3 is 48.7 Å². The number of hydrogen-bond acceptors (Lipinski definition) is 19. The quantitative estimate of drug-likeness (QED) is 0.0485. The molecule has 4 fully saturated rings. The van der Waals surface area contributed by atoms with E-state index >= 15 is 9.59 Å². The van der Waals surface area contributed by atoms with Crippen molar-refractivity contribution in [2.75, 3.05) is 6.61 Å². The normalized spacial score (nSPS) is 28.6. The Balaban J connectivity index is 1.34. The summed E-state index contributed by atoms with van der Waals surface area (Å²) in [7, 11) is 2.97. The minimum absolute atomic E-state index is 0.0108. The van der Waals surface area contributed by atoms with E-state index in [4.69, 9.17) is 33.2 Å². The molecule has 7 rings (SSSR count). The van der Waals surface area contributed by atoms with E-state index in [2.05, 4.69) is 5.32 Å². The SMILES string of the molecule is CC(=O)O[C@@]12CO[C@@H]1C[C@H](O)[C@@]1(C)C(=O)[C@H](OC(=O)C3CC3)C3=C(C)[C@@H](OC(=O)[C@H](OC(=O)Cc4ccccc4SSC(C)CCC(=O)C(C)C)[C@H](C=C(C)C)NC(=O)OC(C)(C)C)C[C@@](O)([C@@H](OC(=O)c4ccccc4)[C@H]21)C3(C)C. The largest absolute Gasteiger partial charge is 0.455 e. The predicted molar refractivity (Wildman–Crippen MR) is 300 cm³/mol. The molecule has 81 heavy (non-hydrogen) atoms. The Bertz CT molecular complexity index is 2820. The van der Waals surface area contributed by atoms with Crippen molar-refractivity contribution in [1.82, 2.24) is 5.32 Å². The smallest absolute Gasteiger partial charge is 0.408 e. The highest BCUT2D eigenvalue weighted by molar-refractivity contribution is 8.77. The molecule has 3 N–H and O–H groups in total. The topological polar surface area (TPSA) is 254 Å². The standard InChI is InChI=1S/C61H79NO17S2/c1-32(2)27-40(62-56(71)79-57(8,9)10)48(75-46(66)28-39-21-17-18-22-43(39)81-80-34(5)23-26-41(64)33(3)4)55(70)74-42-30-61(72)52(77-54(69)37-19-15-14-16-20-37)50-59(13,44(65)29-45-60(50,31-73-45)78-36(7)63)51(67)49(76-53(68)38-24-25-38)47(35(42)6)58(61,11)12/h14-22,27,33-34,38,40,42,44-45,48-50,52,65,72H,23-26,28-31H2,1-13H3,(H,62,71)/t34?,40-,42-,44-,45+,48+,49+,50-,52-,59+,60-,61+/m0/s1. The van der Waals surface area contributed by atoms with Crippen molar-refractivity contribution >= 4 is 69.1 Å². The monoisotopic (exact) mass is 1160 g/mol. The third-order valence-electron chi connectivity index (χ3n) is 16.4. The third-order valence-corrected chi connectivity index (χ3v) is 19.4. The van der Waals surface area contributed by atoms with Gasteiger partial charge >= 0.3 is 35.9 Å². The minimum Gasteiger partial charge on any atom is -0.455 e. The fourth-order valence-electron chi connectivity index (χ4n) is 11.8. The number of allylic oxidation sites excluding steroid dienone is 1. The van der Waals surface area contributed by atoms with Gasteiger partial charge in [0.25, 0.3) is 0 Å². The lowest BCUT2D eigenvalue weighted by Crippen LogP contribution is -2.82. The number of ether oxygens (including phenoxy) is 7. The number of rotatable bonds is 20. The molecule has 18 nitrogen and oxygen atoms in total. The lowest BCUT2D eigenvalue weighted by molar-refractivity contribution is -0.346. The average Bonchev–Trinajstić information content (AvgIpc) is 2.74. The summed E-state index contributed by atoms with van der Waals surface area (Å²) in [5.41, 5.74) is -7.80. The van der Waals surface area contributed by atoms with Gasteiger partial charge in [0.15, 0.2) is 17.5 Å². The molecule has 442 valence electrons. The molecule has 1 saturated heterocycles. The van der Waals surface area contributed by atoms with Crippen LogP contribution in [-0.4, -0.2) is 129 Å². The van der Waals surface area contributed by atoms with Crippen LogP contribution < -0.4 is 5.32 Å². The van der Waals surface area contributed by atoms with E-state index in [9.17, 15) is 39.0 Å². The van der Waals surface area contributed by atoms with Crippen molar-refractivity contribution in [3.63, 3.8) is 0 Å². The van der Waals surface area contributed by atoms with Gasteiger partial charge in [-0.2, -0.15) is 0 Å². The van der Waals surface area contributed by atoms with Crippen LogP contribution in [0.3, 0.4) is 0 Å². The summed E-state index contributed by atoms with van der Waals surface area (Å²) in [4.78, 5) is 115. The van der Waals surface area contributed by atoms with Crippen molar-refractivity contribution in [3.05, 3.63) is 88.5 Å². The first-order chi connectivity index (χ1) is 37.8. The average molecular weight is 1160 g/mol. The lowest BCUT2D eigenvalue weighted by Gasteiger charge is -2.67. The van der Waals surface area contributed by atoms with Crippen molar-refractivity contribution in [1.29, 1.82) is 0 Å². The summed E-state index contributed by atoms with van der Waals surface area (Å²) in [6.07, 6.45) is -8.55. The first-order valence-electron chi connectivity index (χ1n) is 27.8. The molecule has 1 heterocycles. The highest BCUT2D eigenvalue weighted by Crippen LogP contribution is 2.64. The first-order valence-corrected chi connectivity index (χ1v) is 30.0. The van der Waals surface area contributed by atoms with Crippen molar-refractivity contribution in [3.8, 4) is 0 Å². The van der Waals surface area contributed by atoms with Gasteiger partial charge in [-0.15, -0.1) is 0 Å². The van der Waals surface area contributed by atoms with Crippen molar-refractivity contribution < 1.29 is 81.7 Å². The Morgan fingerprint density at radius 3 is 2.16 bits per heavy atom. The van der Waals surface area contributed by atoms with Crippen LogP contribution in [-0.2, 0) is 68.3 Å². The maximum atomic E-state index is 16.0. The molecule has 2 aromatic rings. The van der Waals surface area contributed by atoms with Crippen LogP contribution in [0.1, 0.15) is 144 Å². The fourth-order valence-corrected chi connectivity index (χ4v) is 14.2. The summed E-state index contributed by atoms with van der Waals surface area (Å²) in [6, 6.07) is 13.6. The first kappa shape index (κ1) is 63.0. The van der Waals surface area contributed by atoms with E-state index < -0.39 is 130 Å². The molecule has 2 bridgehead atoms. The summed E-state index contributed by atoms with van der Waals surface area (Å²) in [5, 5.41) is 29.3. The van der Waals surface area contributed by atoms with E-state index in [1.165, 1.54) is 35.9 Å². The number of aliphatic hydroxyl groups excluding tert-OH is 1. The summed E-state index contributed by atoms with van der Waals surface area (Å²) in [5.74, 6) is -7.50. The van der Waals surface area contributed by atoms with E-state index in [1.807, 2.05) is 32.9 Å². The maximum Gasteiger partial charge on any atom is 0.408 e. The molecule has 4 aliphatic carbocycles. The van der Waals surface area contributed by atoms with Crippen LogP contribution in [0.2, 0.25) is 0 Å². The second kappa shape index (κ2) is 24.7.